The molecule has 1 amide bonds. The number of aromatic nitrogens is 2. The molecule has 5 nitrogen and oxygen atoms in total. The smallest absolute Gasteiger partial charge is 0.251 e. The van der Waals surface area contributed by atoms with Gasteiger partial charge in [-0.05, 0) is 30.9 Å². The number of carbonyl (C=O) groups is 1. The number of hydrogen-bond donors (Lipinski definition) is 0. The number of carbonyl (C=O) groups excluding carboxylic acids is 1. The molecule has 146 valence electrons. The van der Waals surface area contributed by atoms with Crippen LogP contribution in [0.3, 0.4) is 0 Å². The van der Waals surface area contributed by atoms with Gasteiger partial charge in [0.2, 0.25) is 11.9 Å². The third-order valence-electron chi connectivity index (χ3n) is 5.97. The summed E-state index contributed by atoms with van der Waals surface area (Å²) in [5, 5.41) is 0. The maximum atomic E-state index is 13.3. The topological polar surface area (TPSA) is 41.4 Å². The minimum atomic E-state index is -2.60. The Hall–Kier alpha value is -2.18. The predicted octanol–water partition coefficient (Wildman–Crippen LogP) is 3.44. The number of piperidine rings is 2. The highest BCUT2D eigenvalue weighted by Crippen LogP contribution is 2.30. The van der Waals surface area contributed by atoms with Crippen molar-refractivity contribution in [3.8, 4) is 0 Å². The largest absolute Gasteiger partial charge is 0.342 e. The van der Waals surface area contributed by atoms with Gasteiger partial charge in [-0.15, -0.1) is 0 Å². The van der Waals surface area contributed by atoms with Gasteiger partial charge < -0.3 is 14.4 Å². The van der Waals surface area contributed by atoms with Crippen LogP contribution in [-0.4, -0.2) is 52.5 Å². The molecular weight excluding hydrogens is 350 g/mol. The van der Waals surface area contributed by atoms with E-state index in [1.165, 1.54) is 0 Å². The SMILES string of the molecule is Cn1c(N2CCC(CC(=O)N3CCC(F)(F)CC3)CC2)nc2ccccc21. The number of benzene rings is 1. The minimum absolute atomic E-state index is 0.0340. The molecule has 0 radical (unpaired) electrons. The third kappa shape index (κ3) is 3.77. The van der Waals surface area contributed by atoms with Crippen molar-refractivity contribution in [2.24, 2.45) is 13.0 Å². The van der Waals surface area contributed by atoms with Gasteiger partial charge in [-0.3, -0.25) is 4.79 Å². The van der Waals surface area contributed by atoms with E-state index >= 15 is 0 Å². The highest BCUT2D eigenvalue weighted by atomic mass is 19.3. The van der Waals surface area contributed by atoms with Crippen LogP contribution in [0.1, 0.15) is 32.1 Å². The number of likely N-dealkylation sites (tertiary alicyclic amines) is 1. The van der Waals surface area contributed by atoms with Crippen LogP contribution in [0, 0.1) is 5.92 Å². The second-order valence-corrected chi connectivity index (χ2v) is 7.83. The van der Waals surface area contributed by atoms with E-state index < -0.39 is 5.92 Å². The number of alkyl halides is 2. The summed E-state index contributed by atoms with van der Waals surface area (Å²) in [6.45, 7) is 2.11. The van der Waals surface area contributed by atoms with Crippen LogP contribution >= 0.6 is 0 Å². The van der Waals surface area contributed by atoms with Crippen molar-refractivity contribution in [3.63, 3.8) is 0 Å². The fourth-order valence-corrected chi connectivity index (χ4v) is 4.21. The first-order chi connectivity index (χ1) is 12.9. The van der Waals surface area contributed by atoms with E-state index in [0.29, 0.717) is 12.3 Å². The molecule has 1 aromatic carbocycles. The van der Waals surface area contributed by atoms with Gasteiger partial charge in [0.05, 0.1) is 11.0 Å². The van der Waals surface area contributed by atoms with Crippen molar-refractivity contribution >= 4 is 22.9 Å². The average Bonchev–Trinajstić information content (AvgIpc) is 2.99. The molecule has 2 fully saturated rings. The molecule has 2 saturated heterocycles. The van der Waals surface area contributed by atoms with E-state index in [4.69, 9.17) is 4.98 Å². The molecule has 0 N–H and O–H groups in total. The molecule has 0 aliphatic carbocycles. The van der Waals surface area contributed by atoms with E-state index in [1.807, 2.05) is 25.2 Å². The number of imidazole rings is 1. The minimum Gasteiger partial charge on any atom is -0.342 e. The first-order valence-electron chi connectivity index (χ1n) is 9.75. The van der Waals surface area contributed by atoms with Gasteiger partial charge in [0.1, 0.15) is 0 Å². The molecule has 4 rings (SSSR count). The fourth-order valence-electron chi connectivity index (χ4n) is 4.21. The molecule has 0 bridgehead atoms. The Morgan fingerprint density at radius 3 is 2.48 bits per heavy atom. The fraction of sp³-hybridized carbons (Fsp3) is 0.600. The Bertz CT molecular complexity index is 816. The van der Waals surface area contributed by atoms with E-state index in [9.17, 15) is 13.6 Å². The van der Waals surface area contributed by atoms with Crippen LogP contribution in [0.15, 0.2) is 24.3 Å². The van der Waals surface area contributed by atoms with Crippen LogP contribution in [0.5, 0.6) is 0 Å². The molecule has 3 heterocycles. The van der Waals surface area contributed by atoms with Crippen LogP contribution in [0.2, 0.25) is 0 Å². The standard InChI is InChI=1S/C20H26F2N4O/c1-24-17-5-3-2-4-16(17)23-19(24)26-10-6-15(7-11-26)14-18(27)25-12-8-20(21,22)9-13-25/h2-5,15H,6-14H2,1H3. The van der Waals surface area contributed by atoms with Crippen LogP contribution in [0.25, 0.3) is 11.0 Å². The van der Waals surface area contributed by atoms with Gasteiger partial charge in [-0.2, -0.15) is 0 Å². The molecule has 0 spiro atoms. The molecule has 2 aliphatic rings. The van der Waals surface area contributed by atoms with Crippen LogP contribution in [0.4, 0.5) is 14.7 Å². The van der Waals surface area contributed by atoms with Gasteiger partial charge in [-0.25, -0.2) is 13.8 Å². The van der Waals surface area contributed by atoms with Crippen molar-refractivity contribution in [1.82, 2.24) is 14.5 Å². The number of halogens is 2. The number of fused-ring (bicyclic) bond motifs is 1. The predicted molar refractivity (Wildman–Crippen MR) is 101 cm³/mol. The summed E-state index contributed by atoms with van der Waals surface area (Å²) >= 11 is 0. The normalized spacial score (nSPS) is 21.0. The lowest BCUT2D eigenvalue weighted by Crippen LogP contribution is -2.44. The maximum Gasteiger partial charge on any atom is 0.251 e. The van der Waals surface area contributed by atoms with Gasteiger partial charge in [0.15, 0.2) is 0 Å². The molecule has 0 saturated carbocycles. The number of nitrogens with zero attached hydrogens (tertiary/aromatic N) is 4. The zero-order valence-electron chi connectivity index (χ0n) is 15.7. The Morgan fingerprint density at radius 2 is 1.81 bits per heavy atom. The van der Waals surface area contributed by atoms with Crippen molar-refractivity contribution in [2.45, 2.75) is 38.0 Å². The van der Waals surface area contributed by atoms with Crippen molar-refractivity contribution in [3.05, 3.63) is 24.3 Å². The zero-order chi connectivity index (χ0) is 19.0. The van der Waals surface area contributed by atoms with E-state index in [-0.39, 0.29) is 31.8 Å². The number of aryl methyl sites for hydroxylation is 1. The van der Waals surface area contributed by atoms with Crippen molar-refractivity contribution in [2.75, 3.05) is 31.1 Å². The van der Waals surface area contributed by atoms with Gasteiger partial charge in [0, 0.05) is 52.5 Å². The average molecular weight is 376 g/mol. The van der Waals surface area contributed by atoms with E-state index in [2.05, 4.69) is 15.5 Å². The molecule has 7 heteroatoms. The van der Waals surface area contributed by atoms with Crippen LogP contribution < -0.4 is 4.90 Å². The quantitative estimate of drug-likeness (QED) is 0.824. The van der Waals surface area contributed by atoms with Gasteiger partial charge >= 0.3 is 0 Å². The molecule has 2 aromatic rings. The molecule has 1 aromatic heterocycles. The summed E-state index contributed by atoms with van der Waals surface area (Å²) in [6.07, 6.45) is 1.92. The summed E-state index contributed by atoms with van der Waals surface area (Å²) in [5.41, 5.74) is 2.11. The van der Waals surface area contributed by atoms with E-state index in [0.717, 1.165) is 42.9 Å². The first-order valence-corrected chi connectivity index (χ1v) is 9.75. The summed E-state index contributed by atoms with van der Waals surface area (Å²) in [7, 11) is 2.03. The highest BCUT2D eigenvalue weighted by molar-refractivity contribution is 5.79. The maximum absolute atomic E-state index is 13.3. The Morgan fingerprint density at radius 1 is 1.15 bits per heavy atom. The third-order valence-corrected chi connectivity index (χ3v) is 5.97. The second kappa shape index (κ2) is 7.09. The Kier molecular flexibility index (Phi) is 4.78. The summed E-state index contributed by atoms with van der Waals surface area (Å²) in [4.78, 5) is 21.1. The van der Waals surface area contributed by atoms with Crippen molar-refractivity contribution in [1.29, 1.82) is 0 Å². The van der Waals surface area contributed by atoms with E-state index in [1.54, 1.807) is 4.90 Å². The number of para-hydroxylation sites is 2. The molecular formula is C20H26F2N4O. The second-order valence-electron chi connectivity index (χ2n) is 7.83. The number of rotatable bonds is 3. The molecule has 0 unspecified atom stereocenters. The lowest BCUT2D eigenvalue weighted by Gasteiger charge is -2.35. The Balaban J connectivity index is 1.32. The summed E-state index contributed by atoms with van der Waals surface area (Å²) in [6, 6.07) is 8.10. The first kappa shape index (κ1) is 18.2. The lowest BCUT2D eigenvalue weighted by molar-refractivity contribution is -0.138. The monoisotopic (exact) mass is 376 g/mol. The lowest BCUT2D eigenvalue weighted by atomic mass is 9.92. The van der Waals surface area contributed by atoms with Crippen molar-refractivity contribution < 1.29 is 13.6 Å². The summed E-state index contributed by atoms with van der Waals surface area (Å²) < 4.78 is 28.6. The molecule has 27 heavy (non-hydrogen) atoms. The number of amides is 1. The summed E-state index contributed by atoms with van der Waals surface area (Å²) in [5.74, 6) is -1.27. The zero-order valence-corrected chi connectivity index (χ0v) is 15.7. The van der Waals surface area contributed by atoms with Gasteiger partial charge in [-0.1, -0.05) is 12.1 Å². The van der Waals surface area contributed by atoms with Gasteiger partial charge in [0.25, 0.3) is 5.92 Å². The highest BCUT2D eigenvalue weighted by Gasteiger charge is 2.36. The van der Waals surface area contributed by atoms with Crippen LogP contribution in [-0.2, 0) is 11.8 Å². The molecule has 0 atom stereocenters. The number of anilines is 1. The number of hydrogen-bond acceptors (Lipinski definition) is 3. The molecule has 2 aliphatic heterocycles. The Labute approximate surface area is 157 Å².